The Kier molecular flexibility index (Phi) is 4.92. The van der Waals surface area contributed by atoms with Crippen LogP contribution < -0.4 is 0 Å². The molecule has 1 aliphatic rings. The lowest BCUT2D eigenvalue weighted by molar-refractivity contribution is -0.158. The zero-order chi connectivity index (χ0) is 18.1. The number of phenols is 1. The van der Waals surface area contributed by atoms with E-state index in [9.17, 15) is 9.90 Å². The zero-order valence-corrected chi connectivity index (χ0v) is 15.3. The van der Waals surface area contributed by atoms with E-state index in [0.717, 1.165) is 11.3 Å². The van der Waals surface area contributed by atoms with Crippen LogP contribution in [-0.2, 0) is 14.4 Å². The number of benzene rings is 1. The Morgan fingerprint density at radius 3 is 2.46 bits per heavy atom. The van der Waals surface area contributed by atoms with Gasteiger partial charge < -0.3 is 14.7 Å². The lowest BCUT2D eigenvalue weighted by Crippen LogP contribution is -2.37. The number of phenolic OH excluding ortho intramolecular Hbond substituents is 1. The molecule has 2 rings (SSSR count). The van der Waals surface area contributed by atoms with Gasteiger partial charge in [0.25, 0.3) is 0 Å². The van der Waals surface area contributed by atoms with Crippen LogP contribution in [0.25, 0.3) is 0 Å². The molecule has 1 heterocycles. The van der Waals surface area contributed by atoms with E-state index in [4.69, 9.17) is 9.57 Å². The molecule has 5 nitrogen and oxygen atoms in total. The number of carbonyl (C=O) groups excluding carboxylic acids is 1. The van der Waals surface area contributed by atoms with Crippen LogP contribution >= 0.6 is 0 Å². The van der Waals surface area contributed by atoms with Gasteiger partial charge in [0.05, 0.1) is 18.1 Å². The summed E-state index contributed by atoms with van der Waals surface area (Å²) in [6.07, 6.45) is -0.234. The van der Waals surface area contributed by atoms with E-state index in [0.29, 0.717) is 0 Å². The summed E-state index contributed by atoms with van der Waals surface area (Å²) >= 11 is 0. The van der Waals surface area contributed by atoms with Crippen LogP contribution in [-0.4, -0.2) is 28.5 Å². The molecule has 5 heteroatoms. The number of rotatable bonds is 3. The summed E-state index contributed by atoms with van der Waals surface area (Å²) in [4.78, 5) is 17.8. The van der Waals surface area contributed by atoms with Crippen LogP contribution in [0.5, 0.6) is 5.75 Å². The largest absolute Gasteiger partial charge is 0.508 e. The van der Waals surface area contributed by atoms with Crippen molar-refractivity contribution in [3.05, 3.63) is 29.8 Å². The predicted octanol–water partition coefficient (Wildman–Crippen LogP) is 3.89. The number of nitrogens with zero attached hydrogens (tertiary/aromatic N) is 1. The third-order valence-corrected chi connectivity index (χ3v) is 3.82. The smallest absolute Gasteiger partial charge is 0.310 e. The van der Waals surface area contributed by atoms with Crippen molar-refractivity contribution in [3.63, 3.8) is 0 Å². The van der Waals surface area contributed by atoms with Gasteiger partial charge >= 0.3 is 5.97 Å². The van der Waals surface area contributed by atoms with E-state index in [1.807, 2.05) is 26.8 Å². The van der Waals surface area contributed by atoms with E-state index in [1.165, 1.54) is 0 Å². The van der Waals surface area contributed by atoms with Crippen LogP contribution in [0, 0.1) is 11.3 Å². The lowest BCUT2D eigenvalue weighted by atomic mass is 9.72. The second kappa shape index (κ2) is 6.46. The van der Waals surface area contributed by atoms with Crippen LogP contribution in [0.2, 0.25) is 0 Å². The number of oxime groups is 1. The second-order valence-electron chi connectivity index (χ2n) is 8.30. The zero-order valence-electron chi connectivity index (χ0n) is 15.3. The van der Waals surface area contributed by atoms with Gasteiger partial charge in [0.2, 0.25) is 0 Å². The van der Waals surface area contributed by atoms with Crippen molar-refractivity contribution in [2.24, 2.45) is 16.5 Å². The normalized spacial score (nSPS) is 21.2. The standard InChI is InChI=1S/C19H27NO4/c1-18(2,3)16-14(11-15(22)23-19(4,5)6)24-20-17(16)12-8-7-9-13(21)10-12/h7-10,14,16,21H,11H2,1-6H3/t14-,16?/m0/s1. The summed E-state index contributed by atoms with van der Waals surface area (Å²) in [5, 5.41) is 14.0. The minimum atomic E-state index is -0.526. The SMILES string of the molecule is CC(C)(C)OC(=O)C[C@@H]1ON=C(c2cccc(O)c2)C1C(C)(C)C. The van der Waals surface area contributed by atoms with Gasteiger partial charge in [-0.25, -0.2) is 0 Å². The molecule has 1 aromatic rings. The van der Waals surface area contributed by atoms with E-state index >= 15 is 0 Å². The first-order chi connectivity index (χ1) is 11.0. The van der Waals surface area contributed by atoms with Gasteiger partial charge in [0.1, 0.15) is 17.5 Å². The Bertz CT molecular complexity index is 638. The van der Waals surface area contributed by atoms with Gasteiger partial charge in [-0.2, -0.15) is 0 Å². The van der Waals surface area contributed by atoms with Crippen molar-refractivity contribution >= 4 is 11.7 Å². The maximum atomic E-state index is 12.2. The highest BCUT2D eigenvalue weighted by Crippen LogP contribution is 2.39. The second-order valence-corrected chi connectivity index (χ2v) is 8.30. The number of aromatic hydroxyl groups is 1. The first kappa shape index (κ1) is 18.3. The van der Waals surface area contributed by atoms with Gasteiger partial charge in [-0.05, 0) is 38.3 Å². The summed E-state index contributed by atoms with van der Waals surface area (Å²) in [5.41, 5.74) is 0.878. The predicted molar refractivity (Wildman–Crippen MR) is 92.9 cm³/mol. The Morgan fingerprint density at radius 2 is 1.92 bits per heavy atom. The number of hydrogen-bond donors (Lipinski definition) is 1. The molecule has 1 aliphatic heterocycles. The van der Waals surface area contributed by atoms with Crippen LogP contribution in [0.1, 0.15) is 53.5 Å². The average Bonchev–Trinajstić information content (AvgIpc) is 2.79. The topological polar surface area (TPSA) is 68.1 Å². The van der Waals surface area contributed by atoms with E-state index in [2.05, 4.69) is 25.9 Å². The summed E-state index contributed by atoms with van der Waals surface area (Å²) < 4.78 is 5.41. The van der Waals surface area contributed by atoms with Gasteiger partial charge in [-0.1, -0.05) is 38.1 Å². The summed E-state index contributed by atoms with van der Waals surface area (Å²) in [6, 6.07) is 6.94. The highest BCUT2D eigenvalue weighted by molar-refractivity contribution is 6.04. The van der Waals surface area contributed by atoms with Gasteiger partial charge in [0.15, 0.2) is 0 Å². The fourth-order valence-electron chi connectivity index (χ4n) is 2.99. The molecule has 132 valence electrons. The highest BCUT2D eigenvalue weighted by atomic mass is 16.6. The first-order valence-electron chi connectivity index (χ1n) is 8.22. The summed E-state index contributed by atoms with van der Waals surface area (Å²) in [5.74, 6) is -0.195. The molecular weight excluding hydrogens is 306 g/mol. The molecule has 24 heavy (non-hydrogen) atoms. The van der Waals surface area contributed by atoms with Crippen molar-refractivity contribution in [1.29, 1.82) is 0 Å². The average molecular weight is 333 g/mol. The number of carbonyl (C=O) groups is 1. The van der Waals surface area contributed by atoms with E-state index in [-0.39, 0.29) is 35.6 Å². The lowest BCUT2D eigenvalue weighted by Gasteiger charge is -2.31. The Morgan fingerprint density at radius 1 is 1.25 bits per heavy atom. The molecule has 0 saturated heterocycles. The molecule has 1 N–H and O–H groups in total. The highest BCUT2D eigenvalue weighted by Gasteiger charge is 2.44. The minimum Gasteiger partial charge on any atom is -0.508 e. The molecule has 0 saturated carbocycles. The molecule has 0 radical (unpaired) electrons. The van der Waals surface area contributed by atoms with Gasteiger partial charge in [-0.15, -0.1) is 0 Å². The molecule has 1 aromatic carbocycles. The van der Waals surface area contributed by atoms with Crippen molar-refractivity contribution in [2.45, 2.75) is 59.7 Å². The molecule has 0 spiro atoms. The van der Waals surface area contributed by atoms with Crippen molar-refractivity contribution in [3.8, 4) is 5.75 Å². The molecule has 0 fully saturated rings. The molecule has 2 atom stereocenters. The molecule has 0 bridgehead atoms. The fourth-order valence-corrected chi connectivity index (χ4v) is 2.99. The third kappa shape index (κ3) is 4.49. The number of hydrogen-bond acceptors (Lipinski definition) is 5. The minimum absolute atomic E-state index is 0.0770. The maximum Gasteiger partial charge on any atom is 0.310 e. The molecule has 0 aliphatic carbocycles. The van der Waals surface area contributed by atoms with Gasteiger partial charge in [-0.3, -0.25) is 4.79 Å². The monoisotopic (exact) mass is 333 g/mol. The number of esters is 1. The quantitative estimate of drug-likeness (QED) is 0.852. The maximum absolute atomic E-state index is 12.2. The third-order valence-electron chi connectivity index (χ3n) is 3.82. The molecular formula is C19H27NO4. The van der Waals surface area contributed by atoms with Crippen molar-refractivity contribution in [2.75, 3.05) is 0 Å². The van der Waals surface area contributed by atoms with E-state index < -0.39 is 5.60 Å². The molecule has 0 amide bonds. The Balaban J connectivity index is 2.22. The van der Waals surface area contributed by atoms with Crippen LogP contribution in [0.4, 0.5) is 0 Å². The first-order valence-corrected chi connectivity index (χ1v) is 8.22. The van der Waals surface area contributed by atoms with Crippen LogP contribution in [0.15, 0.2) is 29.4 Å². The summed E-state index contributed by atoms with van der Waals surface area (Å²) in [6.45, 7) is 11.8. The Labute approximate surface area is 143 Å². The Hall–Kier alpha value is -2.04. The van der Waals surface area contributed by atoms with Gasteiger partial charge in [0, 0.05) is 5.56 Å². The van der Waals surface area contributed by atoms with Crippen molar-refractivity contribution < 1.29 is 19.5 Å². The molecule has 0 aromatic heterocycles. The fraction of sp³-hybridized carbons (Fsp3) is 0.579. The molecule has 1 unspecified atom stereocenters. The van der Waals surface area contributed by atoms with E-state index in [1.54, 1.807) is 18.2 Å². The summed E-state index contributed by atoms with van der Waals surface area (Å²) in [7, 11) is 0. The van der Waals surface area contributed by atoms with Crippen LogP contribution in [0.3, 0.4) is 0 Å². The van der Waals surface area contributed by atoms with Crippen molar-refractivity contribution in [1.82, 2.24) is 0 Å². The number of ether oxygens (including phenoxy) is 1.